The van der Waals surface area contributed by atoms with Gasteiger partial charge in [0, 0.05) is 19.9 Å². The van der Waals surface area contributed by atoms with Crippen molar-refractivity contribution >= 4 is 13.1 Å². The molecule has 0 saturated carbocycles. The Hall–Kier alpha value is -2.00. The van der Waals surface area contributed by atoms with Crippen molar-refractivity contribution in [3.63, 3.8) is 0 Å². The van der Waals surface area contributed by atoms with E-state index in [1.807, 2.05) is 0 Å². The number of esters is 1. The molecule has 2 N–H and O–H groups in total. The summed E-state index contributed by atoms with van der Waals surface area (Å²) < 4.78 is 34.5. The van der Waals surface area contributed by atoms with E-state index in [4.69, 9.17) is 29.0 Å². The van der Waals surface area contributed by atoms with Gasteiger partial charge in [0.1, 0.15) is 12.1 Å². The molecule has 0 aromatic heterocycles. The van der Waals surface area contributed by atoms with E-state index in [-0.39, 0.29) is 17.2 Å². The number of fused-ring (bicyclic) bond motifs is 1. The monoisotopic (exact) mass is 300 g/mol. The zero-order chi connectivity index (χ0) is 15.8. The second-order valence-corrected chi connectivity index (χ2v) is 4.78. The van der Waals surface area contributed by atoms with E-state index < -0.39 is 36.8 Å². The highest BCUT2D eigenvalue weighted by Gasteiger charge is 2.39. The fraction of sp³-hybridized carbons (Fsp3) is 0.417. The molecule has 0 unspecified atom stereocenters. The third kappa shape index (κ3) is 3.03. The van der Waals surface area contributed by atoms with E-state index in [1.54, 1.807) is 0 Å². The Morgan fingerprint density at radius 3 is 2.57 bits per heavy atom. The van der Waals surface area contributed by atoms with Crippen LogP contribution in [0.25, 0.3) is 0 Å². The lowest BCUT2D eigenvalue weighted by atomic mass is 9.95. The van der Waals surface area contributed by atoms with Gasteiger partial charge in [-0.25, -0.2) is 9.18 Å². The summed E-state index contributed by atoms with van der Waals surface area (Å²) in [7, 11) is -0.519. The van der Waals surface area contributed by atoms with Gasteiger partial charge in [-0.1, -0.05) is 0 Å². The number of benzene rings is 1. The molecule has 0 bridgehead atoms. The van der Waals surface area contributed by atoms with Crippen LogP contribution >= 0.6 is 0 Å². The molecular formula is C12H14BFO7. The largest absolute Gasteiger partial charge is 0.494 e. The van der Waals surface area contributed by atoms with Gasteiger partial charge in [-0.15, -0.1) is 0 Å². The Balaban J connectivity index is 2.55. The molecule has 0 spiro atoms. The Morgan fingerprint density at radius 1 is 1.33 bits per heavy atom. The van der Waals surface area contributed by atoms with Crippen LogP contribution in [0.5, 0.6) is 17.2 Å². The van der Waals surface area contributed by atoms with Crippen LogP contribution < -0.4 is 14.2 Å². The predicted molar refractivity (Wildman–Crippen MR) is 68.8 cm³/mol. The molecule has 2 rings (SSSR count). The highest BCUT2D eigenvalue weighted by molar-refractivity contribution is 6.40. The van der Waals surface area contributed by atoms with Crippen LogP contribution in [0.3, 0.4) is 0 Å². The first-order chi connectivity index (χ1) is 9.75. The van der Waals surface area contributed by atoms with Crippen LogP contribution in [-0.2, 0) is 4.74 Å². The smallest absolute Gasteiger partial charge is 0.491 e. The van der Waals surface area contributed by atoms with E-state index in [9.17, 15) is 9.18 Å². The van der Waals surface area contributed by atoms with Gasteiger partial charge in [-0.2, -0.15) is 0 Å². The summed E-state index contributed by atoms with van der Waals surface area (Å²) in [6, 6.07) is 1.16. The van der Waals surface area contributed by atoms with Crippen LogP contribution in [0.1, 0.15) is 24.2 Å². The third-order valence-electron chi connectivity index (χ3n) is 2.65. The van der Waals surface area contributed by atoms with Crippen molar-refractivity contribution in [2.75, 3.05) is 13.6 Å². The first-order valence-electron chi connectivity index (χ1n) is 6.07. The van der Waals surface area contributed by atoms with E-state index in [1.165, 1.54) is 21.0 Å². The molecule has 1 aliphatic heterocycles. The van der Waals surface area contributed by atoms with E-state index >= 15 is 0 Å². The first kappa shape index (κ1) is 15.4. The van der Waals surface area contributed by atoms with Gasteiger partial charge in [-0.05, 0) is 0 Å². The first-order valence-corrected chi connectivity index (χ1v) is 6.07. The van der Waals surface area contributed by atoms with Crippen molar-refractivity contribution in [3.05, 3.63) is 17.4 Å². The molecule has 1 aromatic carbocycles. The average molecular weight is 300 g/mol. The zero-order valence-corrected chi connectivity index (χ0v) is 11.7. The molecule has 1 heterocycles. The topological polar surface area (TPSA) is 94.5 Å². The molecular weight excluding hydrogens is 286 g/mol. The second kappa shape index (κ2) is 5.42. The minimum absolute atomic E-state index is 0.0546. The van der Waals surface area contributed by atoms with Crippen molar-refractivity contribution in [1.29, 1.82) is 0 Å². The minimum Gasteiger partial charge on any atom is -0.494 e. The molecule has 0 saturated heterocycles. The number of ether oxygens (including phenoxy) is 4. The predicted octanol–water partition coefficient (Wildman–Crippen LogP) is 0.510. The number of carbonyl (C=O) groups is 1. The molecule has 21 heavy (non-hydrogen) atoms. The van der Waals surface area contributed by atoms with Crippen LogP contribution in [0.15, 0.2) is 6.07 Å². The van der Waals surface area contributed by atoms with Gasteiger partial charge in [-0.3, -0.25) is 0 Å². The molecule has 9 heteroatoms. The summed E-state index contributed by atoms with van der Waals surface area (Å²) in [5.41, 5.74) is -0.462. The maximum atomic E-state index is 14.2. The zero-order valence-electron chi connectivity index (χ0n) is 11.7. The van der Waals surface area contributed by atoms with Crippen LogP contribution in [0, 0.1) is 5.82 Å². The normalized spacial score (nSPS) is 15.6. The fourth-order valence-electron chi connectivity index (χ4n) is 1.84. The molecule has 0 atom stereocenters. The molecule has 0 fully saturated rings. The minimum atomic E-state index is -1.74. The number of carbonyl (C=O) groups excluding carboxylic acids is 1. The number of hydrogen-bond acceptors (Lipinski definition) is 7. The quantitative estimate of drug-likeness (QED) is 0.618. The highest BCUT2D eigenvalue weighted by Crippen LogP contribution is 2.43. The highest BCUT2D eigenvalue weighted by atomic mass is 19.1. The Labute approximate surface area is 120 Å². The van der Waals surface area contributed by atoms with Gasteiger partial charge >= 0.3 is 13.1 Å². The Kier molecular flexibility index (Phi) is 3.97. The maximum absolute atomic E-state index is 14.2. The number of cyclic esters (lactones) is 1. The average Bonchev–Trinajstić information content (AvgIpc) is 2.35. The Morgan fingerprint density at radius 2 is 2.00 bits per heavy atom. The van der Waals surface area contributed by atoms with Gasteiger partial charge in [0.05, 0.1) is 7.11 Å². The molecule has 1 aromatic rings. The summed E-state index contributed by atoms with van der Waals surface area (Å²) in [6.07, 6.45) is 0. The maximum Gasteiger partial charge on any atom is 0.491 e. The number of rotatable bonds is 4. The summed E-state index contributed by atoms with van der Waals surface area (Å²) in [5.74, 6) is -3.65. The third-order valence-corrected chi connectivity index (χ3v) is 2.65. The Bertz CT molecular complexity index is 573. The van der Waals surface area contributed by atoms with Crippen molar-refractivity contribution in [3.8, 4) is 17.2 Å². The number of methoxy groups -OCH3 is 1. The van der Waals surface area contributed by atoms with Crippen LogP contribution in [0.2, 0.25) is 0 Å². The standard InChI is InChI=1S/C12H14BFO7/c1-12(2)20-10-7(19-5-13(16)17)4-6(18-3)9(14)8(10)11(15)21-12/h4,16-17H,5H2,1-3H3. The van der Waals surface area contributed by atoms with E-state index in [0.717, 1.165) is 6.07 Å². The van der Waals surface area contributed by atoms with Gasteiger partial charge in [0.25, 0.3) is 0 Å². The summed E-state index contributed by atoms with van der Waals surface area (Å²) in [5, 5.41) is 17.7. The molecule has 0 amide bonds. The summed E-state index contributed by atoms with van der Waals surface area (Å²) in [4.78, 5) is 11.9. The van der Waals surface area contributed by atoms with Gasteiger partial charge in [0.15, 0.2) is 23.1 Å². The fourth-order valence-corrected chi connectivity index (χ4v) is 1.84. The van der Waals surface area contributed by atoms with Crippen molar-refractivity contribution in [1.82, 2.24) is 0 Å². The summed E-state index contributed by atoms with van der Waals surface area (Å²) >= 11 is 0. The lowest BCUT2D eigenvalue weighted by molar-refractivity contribution is -0.129. The van der Waals surface area contributed by atoms with Crippen molar-refractivity contribution in [2.45, 2.75) is 19.6 Å². The number of halogens is 1. The van der Waals surface area contributed by atoms with Gasteiger partial charge < -0.3 is 29.0 Å². The van der Waals surface area contributed by atoms with Crippen LogP contribution in [0.4, 0.5) is 4.39 Å². The molecule has 114 valence electrons. The second-order valence-electron chi connectivity index (χ2n) is 4.78. The summed E-state index contributed by atoms with van der Waals surface area (Å²) in [6.45, 7) is 2.46. The molecule has 0 radical (unpaired) electrons. The number of hydrogen-bond donors (Lipinski definition) is 2. The van der Waals surface area contributed by atoms with Gasteiger partial charge in [0.2, 0.25) is 5.79 Å². The SMILES string of the molecule is COc1cc(OCB(O)O)c2c(c1F)C(=O)OC(C)(C)O2. The lowest BCUT2D eigenvalue weighted by Crippen LogP contribution is -2.39. The van der Waals surface area contributed by atoms with Crippen molar-refractivity contribution < 1.29 is 38.2 Å². The molecule has 0 aliphatic carbocycles. The van der Waals surface area contributed by atoms with E-state index in [0.29, 0.717) is 0 Å². The molecule has 7 nitrogen and oxygen atoms in total. The molecule has 1 aliphatic rings. The van der Waals surface area contributed by atoms with Crippen LogP contribution in [-0.4, -0.2) is 42.5 Å². The van der Waals surface area contributed by atoms with E-state index in [2.05, 4.69) is 0 Å². The lowest BCUT2D eigenvalue weighted by Gasteiger charge is -2.33. The van der Waals surface area contributed by atoms with Crippen molar-refractivity contribution in [2.24, 2.45) is 0 Å².